The van der Waals surface area contributed by atoms with E-state index in [1.807, 2.05) is 6.26 Å². The largest absolute Gasteiger partial charge is 0.357 e. The number of nitrogens with one attached hydrogen (secondary N) is 2. The molecule has 1 saturated carbocycles. The molecule has 1 aliphatic carbocycles. The van der Waals surface area contributed by atoms with Gasteiger partial charge in [0.05, 0.1) is 12.4 Å². The Morgan fingerprint density at radius 2 is 2.00 bits per heavy atom. The average molecular weight is 302 g/mol. The molecule has 1 aromatic heterocycles. The Morgan fingerprint density at radius 3 is 2.42 bits per heavy atom. The molecule has 1 heterocycles. The van der Waals surface area contributed by atoms with Crippen molar-refractivity contribution < 1.29 is 8.42 Å². The van der Waals surface area contributed by atoms with E-state index in [9.17, 15) is 8.42 Å². The van der Waals surface area contributed by atoms with Gasteiger partial charge in [-0.3, -0.25) is 0 Å². The zero-order chi connectivity index (χ0) is 13.9. The summed E-state index contributed by atoms with van der Waals surface area (Å²) in [4.78, 5) is 7.93. The maximum absolute atomic E-state index is 12.1. The molecule has 0 aliphatic heterocycles. The summed E-state index contributed by atoms with van der Waals surface area (Å²) >= 11 is 1.73. The van der Waals surface area contributed by atoms with Crippen LogP contribution in [0.25, 0.3) is 0 Å². The van der Waals surface area contributed by atoms with Gasteiger partial charge in [-0.1, -0.05) is 6.42 Å². The Hall–Kier alpha value is -0.860. The first-order chi connectivity index (χ1) is 9.01. The van der Waals surface area contributed by atoms with Crippen LogP contribution in [0, 0.1) is 0 Å². The number of anilines is 1. The molecule has 1 aliphatic rings. The Morgan fingerprint density at radius 1 is 1.37 bits per heavy atom. The van der Waals surface area contributed by atoms with Crippen molar-refractivity contribution in [3.05, 3.63) is 12.4 Å². The van der Waals surface area contributed by atoms with E-state index in [2.05, 4.69) is 20.0 Å². The summed E-state index contributed by atoms with van der Waals surface area (Å²) in [5, 5.41) is 2.75. The maximum atomic E-state index is 12.1. The van der Waals surface area contributed by atoms with E-state index >= 15 is 0 Å². The number of sulfonamides is 1. The van der Waals surface area contributed by atoms with Gasteiger partial charge in [0.1, 0.15) is 4.90 Å². The van der Waals surface area contributed by atoms with Crippen LogP contribution in [-0.2, 0) is 10.0 Å². The lowest BCUT2D eigenvalue weighted by Crippen LogP contribution is -2.45. The van der Waals surface area contributed by atoms with Gasteiger partial charge in [0.25, 0.3) is 0 Å². The summed E-state index contributed by atoms with van der Waals surface area (Å²) in [6, 6.07) is 0. The van der Waals surface area contributed by atoms with Gasteiger partial charge >= 0.3 is 0 Å². The van der Waals surface area contributed by atoms with Gasteiger partial charge in [-0.15, -0.1) is 0 Å². The molecule has 0 unspecified atom stereocenters. The normalized spacial score (nSPS) is 17.8. The highest BCUT2D eigenvalue weighted by Crippen LogP contribution is 2.42. The Labute approximate surface area is 117 Å². The predicted molar refractivity (Wildman–Crippen MR) is 76.9 cm³/mol. The second kappa shape index (κ2) is 5.64. The van der Waals surface area contributed by atoms with Crippen LogP contribution in [0.4, 0.5) is 5.95 Å². The van der Waals surface area contributed by atoms with Crippen LogP contribution < -0.4 is 10.0 Å². The fourth-order valence-corrected chi connectivity index (χ4v) is 3.94. The highest BCUT2D eigenvalue weighted by atomic mass is 32.2. The highest BCUT2D eigenvalue weighted by molar-refractivity contribution is 8.00. The molecule has 0 spiro atoms. The second-order valence-electron chi connectivity index (χ2n) is 4.56. The highest BCUT2D eigenvalue weighted by Gasteiger charge is 2.37. The Bertz CT molecular complexity index is 521. The monoisotopic (exact) mass is 302 g/mol. The van der Waals surface area contributed by atoms with E-state index in [0.717, 1.165) is 12.8 Å². The van der Waals surface area contributed by atoms with Crippen LogP contribution in [-0.4, -0.2) is 43.0 Å². The molecule has 8 heteroatoms. The standard InChI is InChI=1S/C11H18N4O2S2/c1-12-10-13-6-9(7-14-10)19(16,17)15-8-11(18-2)4-3-5-11/h6-7,15H,3-5,8H2,1-2H3,(H,12,13,14). The minimum Gasteiger partial charge on any atom is -0.357 e. The van der Waals surface area contributed by atoms with Crippen molar-refractivity contribution in [2.24, 2.45) is 0 Å². The predicted octanol–water partition coefficient (Wildman–Crippen LogP) is 1.08. The molecule has 2 N–H and O–H groups in total. The lowest BCUT2D eigenvalue weighted by molar-refractivity contribution is 0.362. The molecule has 0 atom stereocenters. The van der Waals surface area contributed by atoms with Crippen LogP contribution in [0.1, 0.15) is 19.3 Å². The van der Waals surface area contributed by atoms with Gasteiger partial charge in [-0.2, -0.15) is 11.8 Å². The number of thioether (sulfide) groups is 1. The van der Waals surface area contributed by atoms with E-state index in [4.69, 9.17) is 0 Å². The van der Waals surface area contributed by atoms with Crippen molar-refractivity contribution in [3.63, 3.8) is 0 Å². The number of hydrogen-bond acceptors (Lipinski definition) is 6. The molecule has 19 heavy (non-hydrogen) atoms. The Kier molecular flexibility index (Phi) is 4.32. The summed E-state index contributed by atoms with van der Waals surface area (Å²) < 4.78 is 27.0. The topological polar surface area (TPSA) is 84.0 Å². The van der Waals surface area contributed by atoms with Crippen molar-refractivity contribution in [2.45, 2.75) is 28.9 Å². The molecule has 1 aromatic rings. The van der Waals surface area contributed by atoms with Crippen molar-refractivity contribution in [1.29, 1.82) is 0 Å². The zero-order valence-corrected chi connectivity index (χ0v) is 12.6. The minimum absolute atomic E-state index is 0.0683. The van der Waals surface area contributed by atoms with Crippen molar-refractivity contribution in [2.75, 3.05) is 25.2 Å². The molecule has 0 saturated heterocycles. The van der Waals surface area contributed by atoms with E-state index in [0.29, 0.717) is 12.5 Å². The Balaban J connectivity index is 2.05. The van der Waals surface area contributed by atoms with Gasteiger partial charge in [0.15, 0.2) is 0 Å². The molecular formula is C11H18N4O2S2. The second-order valence-corrected chi connectivity index (χ2v) is 7.60. The summed E-state index contributed by atoms with van der Waals surface area (Å²) in [5.41, 5.74) is 0. The summed E-state index contributed by atoms with van der Waals surface area (Å²) in [7, 11) is -1.84. The quantitative estimate of drug-likeness (QED) is 0.818. The third-order valence-electron chi connectivity index (χ3n) is 3.44. The summed E-state index contributed by atoms with van der Waals surface area (Å²) in [6.45, 7) is 0.463. The maximum Gasteiger partial charge on any atom is 0.243 e. The third-order valence-corrected chi connectivity index (χ3v) is 6.22. The van der Waals surface area contributed by atoms with Gasteiger partial charge in [-0.25, -0.2) is 23.1 Å². The molecule has 106 valence electrons. The number of nitrogens with zero attached hydrogens (tertiary/aromatic N) is 2. The molecule has 1 fully saturated rings. The van der Waals surface area contributed by atoms with E-state index in [1.54, 1.807) is 18.8 Å². The minimum atomic E-state index is -3.52. The smallest absolute Gasteiger partial charge is 0.243 e. The van der Waals surface area contributed by atoms with Gasteiger partial charge in [0, 0.05) is 18.3 Å². The van der Waals surface area contributed by atoms with Crippen LogP contribution in [0.2, 0.25) is 0 Å². The summed E-state index contributed by atoms with van der Waals surface area (Å²) in [5.74, 6) is 0.401. The SMILES string of the molecule is CNc1ncc(S(=O)(=O)NCC2(SC)CCC2)cn1. The van der Waals surface area contributed by atoms with Crippen molar-refractivity contribution >= 4 is 27.7 Å². The fourth-order valence-electron chi connectivity index (χ4n) is 1.92. The number of aromatic nitrogens is 2. The van der Waals surface area contributed by atoms with Crippen LogP contribution >= 0.6 is 11.8 Å². The van der Waals surface area contributed by atoms with Crippen molar-refractivity contribution in [3.8, 4) is 0 Å². The van der Waals surface area contributed by atoms with Gasteiger partial charge in [-0.05, 0) is 19.1 Å². The molecule has 0 amide bonds. The number of hydrogen-bond donors (Lipinski definition) is 2. The van der Waals surface area contributed by atoms with E-state index in [1.165, 1.54) is 18.8 Å². The molecular weight excluding hydrogens is 284 g/mol. The average Bonchev–Trinajstić information content (AvgIpc) is 2.38. The lowest BCUT2D eigenvalue weighted by Gasteiger charge is -2.40. The first-order valence-corrected chi connectivity index (χ1v) is 8.77. The molecule has 2 rings (SSSR count). The molecule has 6 nitrogen and oxygen atoms in total. The molecule has 0 radical (unpaired) electrons. The first-order valence-electron chi connectivity index (χ1n) is 6.06. The fraction of sp³-hybridized carbons (Fsp3) is 0.636. The van der Waals surface area contributed by atoms with Gasteiger partial charge < -0.3 is 5.32 Å². The van der Waals surface area contributed by atoms with E-state index in [-0.39, 0.29) is 9.64 Å². The first kappa shape index (κ1) is 14.5. The summed E-state index contributed by atoms with van der Waals surface area (Å²) in [6.07, 6.45) is 7.94. The van der Waals surface area contributed by atoms with Crippen LogP contribution in [0.5, 0.6) is 0 Å². The third kappa shape index (κ3) is 3.18. The van der Waals surface area contributed by atoms with Crippen LogP contribution in [0.3, 0.4) is 0 Å². The lowest BCUT2D eigenvalue weighted by atomic mass is 9.84. The van der Waals surface area contributed by atoms with Crippen LogP contribution in [0.15, 0.2) is 17.3 Å². The molecule has 0 aromatic carbocycles. The number of rotatable bonds is 6. The molecule has 0 bridgehead atoms. The van der Waals surface area contributed by atoms with E-state index < -0.39 is 10.0 Å². The van der Waals surface area contributed by atoms with Crippen molar-refractivity contribution in [1.82, 2.24) is 14.7 Å². The zero-order valence-electron chi connectivity index (χ0n) is 11.0. The van der Waals surface area contributed by atoms with Gasteiger partial charge in [0.2, 0.25) is 16.0 Å².